The van der Waals surface area contributed by atoms with Gasteiger partial charge in [0.1, 0.15) is 0 Å². The van der Waals surface area contributed by atoms with Gasteiger partial charge in [-0.3, -0.25) is 14.4 Å². The number of aliphatic hydroxyl groups is 1. The molecule has 7 nitrogen and oxygen atoms in total. The van der Waals surface area contributed by atoms with Gasteiger partial charge in [0, 0.05) is 50.9 Å². The lowest BCUT2D eigenvalue weighted by Gasteiger charge is -2.52. The van der Waals surface area contributed by atoms with Gasteiger partial charge in [-0.25, -0.2) is 0 Å². The first-order valence-electron chi connectivity index (χ1n) is 10.1. The topological polar surface area (TPSA) is 70.8 Å². The van der Waals surface area contributed by atoms with E-state index in [1.54, 1.807) is 0 Å². The van der Waals surface area contributed by atoms with Gasteiger partial charge in [0.15, 0.2) is 0 Å². The van der Waals surface area contributed by atoms with Crippen molar-refractivity contribution in [1.29, 1.82) is 0 Å². The minimum Gasteiger partial charge on any atom is -0.388 e. The number of likely N-dealkylation sites (tertiary alicyclic amines) is 1. The number of hydrogen-bond acceptors (Lipinski definition) is 5. The summed E-state index contributed by atoms with van der Waals surface area (Å²) in [6.45, 7) is 13.9. The minimum atomic E-state index is -0.803. The average Bonchev–Trinajstić information content (AvgIpc) is 2.98. The van der Waals surface area contributed by atoms with Crippen LogP contribution in [0.5, 0.6) is 0 Å². The van der Waals surface area contributed by atoms with E-state index in [1.165, 1.54) is 0 Å². The Bertz CT molecular complexity index is 666. The fraction of sp³-hybridized carbons (Fsp3) is 0.800. The summed E-state index contributed by atoms with van der Waals surface area (Å²) in [4.78, 5) is 17.3. The molecule has 27 heavy (non-hydrogen) atoms. The van der Waals surface area contributed by atoms with Crippen molar-refractivity contribution in [1.82, 2.24) is 19.6 Å². The summed E-state index contributed by atoms with van der Waals surface area (Å²) < 4.78 is 7.27. The molecule has 0 unspecified atom stereocenters. The Morgan fingerprint density at radius 1 is 1.30 bits per heavy atom. The molecule has 1 amide bonds. The van der Waals surface area contributed by atoms with Gasteiger partial charge in [-0.1, -0.05) is 20.8 Å². The van der Waals surface area contributed by atoms with Crippen molar-refractivity contribution in [2.45, 2.75) is 52.7 Å². The van der Waals surface area contributed by atoms with E-state index in [-0.39, 0.29) is 11.3 Å². The zero-order chi connectivity index (χ0) is 19.7. The smallest absolute Gasteiger partial charge is 0.257 e. The zero-order valence-electron chi connectivity index (χ0n) is 17.2. The molecule has 2 fully saturated rings. The van der Waals surface area contributed by atoms with Crippen LogP contribution in [-0.4, -0.2) is 82.1 Å². The first kappa shape index (κ1) is 20.3. The Labute approximate surface area is 162 Å². The number of ether oxygens (including phenoxy) is 1. The third-order valence-electron chi connectivity index (χ3n) is 6.15. The van der Waals surface area contributed by atoms with Crippen LogP contribution in [0.3, 0.4) is 0 Å². The second kappa shape index (κ2) is 7.89. The molecule has 0 aromatic carbocycles. The number of piperidine rings is 1. The molecular formula is C20H34N4O3. The third-order valence-corrected chi connectivity index (χ3v) is 6.15. The number of amides is 1. The van der Waals surface area contributed by atoms with E-state index >= 15 is 0 Å². The Hall–Kier alpha value is -1.44. The molecule has 2 aliphatic rings. The number of β-amino-alcohol motifs (C(OH)–C–C–N with tert-alkyl or cyclic N) is 1. The van der Waals surface area contributed by atoms with Gasteiger partial charge in [-0.05, 0) is 19.8 Å². The first-order chi connectivity index (χ1) is 12.8. The summed E-state index contributed by atoms with van der Waals surface area (Å²) in [6, 6.07) is 0. The van der Waals surface area contributed by atoms with E-state index in [0.717, 1.165) is 45.0 Å². The van der Waals surface area contributed by atoms with Crippen molar-refractivity contribution in [3.8, 4) is 0 Å². The molecule has 1 aromatic rings. The minimum absolute atomic E-state index is 0.0244. The molecule has 152 valence electrons. The van der Waals surface area contributed by atoms with Crippen LogP contribution < -0.4 is 0 Å². The van der Waals surface area contributed by atoms with E-state index < -0.39 is 5.60 Å². The second-order valence-electron chi connectivity index (χ2n) is 8.67. The van der Waals surface area contributed by atoms with E-state index in [0.29, 0.717) is 31.6 Å². The van der Waals surface area contributed by atoms with Gasteiger partial charge in [-0.2, -0.15) is 5.10 Å². The van der Waals surface area contributed by atoms with Crippen molar-refractivity contribution < 1.29 is 14.6 Å². The number of carbonyl (C=O) groups is 1. The number of nitrogens with zero attached hydrogens (tertiary/aromatic N) is 4. The SMILES string of the molecule is CCCn1cc(C(=O)N2CC[C@@](O)(CN3CCOCC3)C(C)(C)C2)c(C)n1. The fourth-order valence-corrected chi connectivity index (χ4v) is 4.20. The van der Waals surface area contributed by atoms with Crippen LogP contribution in [0.2, 0.25) is 0 Å². The molecule has 2 aliphatic heterocycles. The molecule has 0 bridgehead atoms. The van der Waals surface area contributed by atoms with Crippen LogP contribution in [0.1, 0.15) is 49.7 Å². The van der Waals surface area contributed by atoms with Crippen molar-refractivity contribution in [2.75, 3.05) is 45.9 Å². The van der Waals surface area contributed by atoms with E-state index in [2.05, 4.69) is 30.8 Å². The second-order valence-corrected chi connectivity index (χ2v) is 8.67. The molecule has 1 N–H and O–H groups in total. The summed E-state index contributed by atoms with van der Waals surface area (Å²) in [6.07, 6.45) is 3.44. The quantitative estimate of drug-likeness (QED) is 0.842. The first-order valence-corrected chi connectivity index (χ1v) is 10.1. The van der Waals surface area contributed by atoms with Crippen molar-refractivity contribution in [2.24, 2.45) is 5.41 Å². The molecule has 3 heterocycles. The largest absolute Gasteiger partial charge is 0.388 e. The van der Waals surface area contributed by atoms with E-state index in [4.69, 9.17) is 4.74 Å². The van der Waals surface area contributed by atoms with Crippen LogP contribution in [0.25, 0.3) is 0 Å². The van der Waals surface area contributed by atoms with Crippen LogP contribution in [-0.2, 0) is 11.3 Å². The predicted molar refractivity (Wildman–Crippen MR) is 104 cm³/mol. The highest BCUT2D eigenvalue weighted by atomic mass is 16.5. The lowest BCUT2D eigenvalue weighted by molar-refractivity contribution is -0.133. The summed E-state index contributed by atoms with van der Waals surface area (Å²) in [5, 5.41) is 15.9. The lowest BCUT2D eigenvalue weighted by Crippen LogP contribution is -2.63. The summed E-state index contributed by atoms with van der Waals surface area (Å²) in [7, 11) is 0. The highest BCUT2D eigenvalue weighted by Gasteiger charge is 2.49. The molecule has 1 atom stereocenters. The number of morpholine rings is 1. The number of hydrogen-bond donors (Lipinski definition) is 1. The number of carbonyl (C=O) groups excluding carboxylic acids is 1. The fourth-order valence-electron chi connectivity index (χ4n) is 4.20. The van der Waals surface area contributed by atoms with Crippen LogP contribution in [0.15, 0.2) is 6.20 Å². The number of aryl methyl sites for hydroxylation is 2. The maximum absolute atomic E-state index is 13.1. The van der Waals surface area contributed by atoms with Crippen LogP contribution in [0, 0.1) is 12.3 Å². The van der Waals surface area contributed by atoms with Gasteiger partial charge >= 0.3 is 0 Å². The Balaban J connectivity index is 1.69. The molecule has 0 radical (unpaired) electrons. The van der Waals surface area contributed by atoms with Gasteiger partial charge in [0.2, 0.25) is 0 Å². The highest BCUT2D eigenvalue weighted by molar-refractivity contribution is 5.95. The summed E-state index contributed by atoms with van der Waals surface area (Å²) in [5.41, 5.74) is 0.271. The molecule has 0 spiro atoms. The van der Waals surface area contributed by atoms with Gasteiger partial charge in [-0.15, -0.1) is 0 Å². The highest BCUT2D eigenvalue weighted by Crippen LogP contribution is 2.40. The monoisotopic (exact) mass is 378 g/mol. The van der Waals surface area contributed by atoms with Crippen molar-refractivity contribution in [3.63, 3.8) is 0 Å². The lowest BCUT2D eigenvalue weighted by atomic mass is 9.69. The van der Waals surface area contributed by atoms with Crippen molar-refractivity contribution >= 4 is 5.91 Å². The average molecular weight is 379 g/mol. The van der Waals surface area contributed by atoms with Crippen molar-refractivity contribution in [3.05, 3.63) is 17.5 Å². The standard InChI is InChI=1S/C20H34N4O3/c1-5-7-24-13-17(16(2)21-24)18(25)23-8-6-20(26,19(3,4)14-23)15-22-9-11-27-12-10-22/h13,26H,5-12,14-15H2,1-4H3/t20-/m1/s1. The Morgan fingerprint density at radius 3 is 2.63 bits per heavy atom. The molecular weight excluding hydrogens is 344 g/mol. The third kappa shape index (κ3) is 4.20. The Morgan fingerprint density at radius 2 is 2.00 bits per heavy atom. The maximum atomic E-state index is 13.1. The molecule has 1 aromatic heterocycles. The summed E-state index contributed by atoms with van der Waals surface area (Å²) >= 11 is 0. The molecule has 0 aliphatic carbocycles. The predicted octanol–water partition coefficient (Wildman–Crippen LogP) is 1.54. The molecule has 0 saturated carbocycles. The van der Waals surface area contributed by atoms with Gasteiger partial charge < -0.3 is 14.7 Å². The number of aromatic nitrogens is 2. The van der Waals surface area contributed by atoms with E-state index in [9.17, 15) is 9.90 Å². The normalized spacial score (nSPS) is 26.3. The zero-order valence-corrected chi connectivity index (χ0v) is 17.2. The van der Waals surface area contributed by atoms with Crippen LogP contribution in [0.4, 0.5) is 0 Å². The van der Waals surface area contributed by atoms with E-state index in [1.807, 2.05) is 22.7 Å². The van der Waals surface area contributed by atoms with Crippen LogP contribution >= 0.6 is 0 Å². The summed E-state index contributed by atoms with van der Waals surface area (Å²) in [5.74, 6) is 0.0244. The molecule has 3 rings (SSSR count). The Kier molecular flexibility index (Phi) is 5.93. The molecule has 2 saturated heterocycles. The van der Waals surface area contributed by atoms with Gasteiger partial charge in [0.25, 0.3) is 5.91 Å². The van der Waals surface area contributed by atoms with Gasteiger partial charge in [0.05, 0.1) is 30.1 Å². The maximum Gasteiger partial charge on any atom is 0.257 e. The number of rotatable bonds is 5. The molecule has 7 heteroatoms.